The molecule has 1 saturated heterocycles. The highest BCUT2D eigenvalue weighted by molar-refractivity contribution is 5.68. The Labute approximate surface area is 120 Å². The lowest BCUT2D eigenvalue weighted by Crippen LogP contribution is -2.74. The van der Waals surface area contributed by atoms with E-state index in [1.807, 2.05) is 34.7 Å². The number of hydrogen-bond acceptors (Lipinski definition) is 3. The highest BCUT2D eigenvalue weighted by atomic mass is 16.6. The first-order valence-corrected chi connectivity index (χ1v) is 6.91. The Hall–Kier alpha value is -1.30. The average molecular weight is 287 g/mol. The zero-order valence-corrected chi connectivity index (χ0v) is 13.3. The van der Waals surface area contributed by atoms with Gasteiger partial charge in [0, 0.05) is 19.9 Å². The summed E-state index contributed by atoms with van der Waals surface area (Å²) < 4.78 is 5.82. The lowest BCUT2D eigenvalue weighted by Gasteiger charge is -2.60. The quantitative estimate of drug-likeness (QED) is 0.773. The molecule has 0 bridgehead atoms. The number of alkyl carbamates (subject to hydrolysis) is 1. The van der Waals surface area contributed by atoms with Crippen LogP contribution in [0.2, 0.25) is 0 Å². The number of amides is 1. The van der Waals surface area contributed by atoms with Crippen LogP contribution in [0.5, 0.6) is 0 Å². The molecule has 1 heterocycles. The number of rotatable bonds is 3. The number of aliphatic carboxylic acids is 1. The van der Waals surface area contributed by atoms with Crippen LogP contribution < -0.4 is 5.32 Å². The molecule has 0 spiro atoms. The first-order chi connectivity index (χ1) is 8.95. The van der Waals surface area contributed by atoms with Crippen molar-refractivity contribution >= 4 is 12.1 Å². The first kappa shape index (κ1) is 16.8. The second-order valence-electron chi connectivity index (χ2n) is 7.05. The van der Waals surface area contributed by atoms with Gasteiger partial charge in [0.1, 0.15) is 6.10 Å². The van der Waals surface area contributed by atoms with Crippen molar-refractivity contribution < 1.29 is 23.9 Å². The molecule has 6 nitrogen and oxygen atoms in total. The predicted molar refractivity (Wildman–Crippen MR) is 75.4 cm³/mol. The highest BCUT2D eigenvalue weighted by Gasteiger charge is 2.58. The van der Waals surface area contributed by atoms with E-state index in [0.29, 0.717) is 17.3 Å². The third kappa shape index (κ3) is 2.90. The summed E-state index contributed by atoms with van der Waals surface area (Å²) in [5, 5.41) is 11.7. The summed E-state index contributed by atoms with van der Waals surface area (Å²) in [6.45, 7) is 8.22. The van der Waals surface area contributed by atoms with Gasteiger partial charge in [-0.3, -0.25) is 0 Å². The molecular weight excluding hydrogens is 260 g/mol. The Balaban J connectivity index is 3.03. The number of carboxylic acid groups (broad SMARTS) is 1. The van der Waals surface area contributed by atoms with E-state index in [0.717, 1.165) is 0 Å². The fraction of sp³-hybridized carbons (Fsp3) is 0.857. The van der Waals surface area contributed by atoms with Gasteiger partial charge in [0.2, 0.25) is 0 Å². The molecule has 0 radical (unpaired) electrons. The number of nitrogens with zero attached hydrogens (tertiary/aromatic N) is 1. The van der Waals surface area contributed by atoms with Crippen LogP contribution in [0.3, 0.4) is 0 Å². The van der Waals surface area contributed by atoms with E-state index in [9.17, 15) is 14.7 Å². The van der Waals surface area contributed by atoms with Gasteiger partial charge in [0.05, 0.1) is 18.1 Å². The number of likely N-dealkylation sites (N-methyl/N-ethyl adjacent to an activating group) is 1. The summed E-state index contributed by atoms with van der Waals surface area (Å²) >= 11 is 0. The molecule has 0 aromatic carbocycles. The number of nitrogens with one attached hydrogen (secondary N) is 1. The molecule has 116 valence electrons. The lowest BCUT2D eigenvalue weighted by atomic mass is 9.75. The van der Waals surface area contributed by atoms with E-state index >= 15 is 0 Å². The number of carbonyl (C=O) groups is 2. The van der Waals surface area contributed by atoms with Crippen molar-refractivity contribution in [3.63, 3.8) is 0 Å². The van der Waals surface area contributed by atoms with E-state index in [4.69, 9.17) is 4.74 Å². The first-order valence-electron chi connectivity index (χ1n) is 6.91. The van der Waals surface area contributed by atoms with Gasteiger partial charge >= 0.3 is 12.1 Å². The molecule has 6 heteroatoms. The topological polar surface area (TPSA) is 75.6 Å². The van der Waals surface area contributed by atoms with Gasteiger partial charge in [-0.1, -0.05) is 0 Å². The van der Waals surface area contributed by atoms with Crippen molar-refractivity contribution in [3.05, 3.63) is 0 Å². The minimum absolute atomic E-state index is 0.0622. The number of carboxylic acids is 1. The molecule has 1 amide bonds. The van der Waals surface area contributed by atoms with Gasteiger partial charge in [-0.15, -0.1) is 0 Å². The maximum Gasteiger partial charge on any atom is 0.407 e. The van der Waals surface area contributed by atoms with Crippen LogP contribution in [0.15, 0.2) is 0 Å². The maximum atomic E-state index is 11.4. The molecule has 1 rings (SSSR count). The molecule has 1 aliphatic heterocycles. The van der Waals surface area contributed by atoms with Crippen molar-refractivity contribution in [1.82, 2.24) is 5.32 Å². The fourth-order valence-corrected chi connectivity index (χ4v) is 3.40. The highest BCUT2D eigenvalue weighted by Crippen LogP contribution is 2.45. The fourth-order valence-electron chi connectivity index (χ4n) is 3.40. The molecule has 1 aliphatic rings. The van der Waals surface area contributed by atoms with Crippen LogP contribution >= 0.6 is 0 Å². The Morgan fingerprint density at radius 2 is 1.70 bits per heavy atom. The SMILES string of the molecule is CNC(=O)OC1CC(C)(C)[N+](C)(CC(=O)O)C(C)(C)C1. The second-order valence-corrected chi connectivity index (χ2v) is 7.05. The standard InChI is InChI=1S/C14H26N2O4/c1-13(2)7-10(20-12(19)15-5)8-14(3,4)16(13,6)9-11(17)18/h10H,7-9H2,1-6H3,(H-,15,17,18,19)/p+1. The van der Waals surface area contributed by atoms with Crippen LogP contribution in [0.4, 0.5) is 4.79 Å². The van der Waals surface area contributed by atoms with Crippen molar-refractivity contribution in [2.75, 3.05) is 20.6 Å². The van der Waals surface area contributed by atoms with E-state index in [-0.39, 0.29) is 23.7 Å². The number of ether oxygens (including phenoxy) is 1. The number of carbonyl (C=O) groups excluding carboxylic acids is 1. The van der Waals surface area contributed by atoms with Crippen LogP contribution in [0, 0.1) is 0 Å². The van der Waals surface area contributed by atoms with Gasteiger partial charge in [-0.05, 0) is 27.7 Å². The molecule has 0 aromatic rings. The molecule has 0 saturated carbocycles. The minimum atomic E-state index is -0.806. The molecule has 0 atom stereocenters. The molecular formula is C14H27N2O4+. The summed E-state index contributed by atoms with van der Waals surface area (Å²) in [7, 11) is 3.51. The van der Waals surface area contributed by atoms with E-state index in [1.54, 1.807) is 0 Å². The summed E-state index contributed by atoms with van der Waals surface area (Å²) in [6.07, 6.45) is 0.664. The summed E-state index contributed by atoms with van der Waals surface area (Å²) in [4.78, 5) is 22.7. The molecule has 2 N–H and O–H groups in total. The van der Waals surface area contributed by atoms with Crippen molar-refractivity contribution in [2.45, 2.75) is 57.7 Å². The summed E-state index contributed by atoms with van der Waals surface area (Å²) in [5.74, 6) is -0.806. The predicted octanol–water partition coefficient (Wildman–Crippen LogP) is 1.59. The van der Waals surface area contributed by atoms with E-state index < -0.39 is 12.1 Å². The number of hydrogen-bond donors (Lipinski definition) is 2. The third-order valence-corrected chi connectivity index (χ3v) is 5.06. The van der Waals surface area contributed by atoms with Crippen molar-refractivity contribution in [2.24, 2.45) is 0 Å². The number of likely N-dealkylation sites (tertiary alicyclic amines) is 1. The molecule has 20 heavy (non-hydrogen) atoms. The third-order valence-electron chi connectivity index (χ3n) is 5.06. The van der Waals surface area contributed by atoms with E-state index in [2.05, 4.69) is 5.32 Å². The Morgan fingerprint density at radius 3 is 2.05 bits per heavy atom. The summed E-state index contributed by atoms with van der Waals surface area (Å²) in [5.41, 5.74) is -0.586. The molecule has 0 aliphatic carbocycles. The van der Waals surface area contributed by atoms with Gasteiger partial charge in [0.15, 0.2) is 6.54 Å². The largest absolute Gasteiger partial charge is 0.477 e. The summed E-state index contributed by atoms with van der Waals surface area (Å²) in [6, 6.07) is 0. The Kier molecular flexibility index (Phi) is 4.39. The molecule has 0 unspecified atom stereocenters. The average Bonchev–Trinajstić information content (AvgIpc) is 2.24. The molecule has 0 aromatic heterocycles. The minimum Gasteiger partial charge on any atom is -0.477 e. The normalized spacial score (nSPS) is 31.4. The van der Waals surface area contributed by atoms with Gasteiger partial charge in [-0.2, -0.15) is 0 Å². The van der Waals surface area contributed by atoms with Gasteiger partial charge in [0.25, 0.3) is 0 Å². The smallest absolute Gasteiger partial charge is 0.407 e. The lowest BCUT2D eigenvalue weighted by molar-refractivity contribution is -0.998. The zero-order valence-electron chi connectivity index (χ0n) is 13.3. The van der Waals surface area contributed by atoms with Crippen LogP contribution in [0.25, 0.3) is 0 Å². The maximum absolute atomic E-state index is 11.4. The second kappa shape index (κ2) is 5.24. The van der Waals surface area contributed by atoms with E-state index in [1.165, 1.54) is 7.05 Å². The Morgan fingerprint density at radius 1 is 1.25 bits per heavy atom. The zero-order chi connectivity index (χ0) is 15.8. The molecule has 1 fully saturated rings. The number of piperidine rings is 1. The number of quaternary nitrogens is 1. The van der Waals surface area contributed by atoms with Crippen molar-refractivity contribution in [1.29, 1.82) is 0 Å². The van der Waals surface area contributed by atoms with Crippen molar-refractivity contribution in [3.8, 4) is 0 Å². The monoisotopic (exact) mass is 287 g/mol. The van der Waals surface area contributed by atoms with Gasteiger partial charge in [-0.25, -0.2) is 9.59 Å². The van der Waals surface area contributed by atoms with Crippen LogP contribution in [-0.2, 0) is 9.53 Å². The Bertz CT molecular complexity index is 386. The van der Waals surface area contributed by atoms with Gasteiger partial charge < -0.3 is 19.6 Å². The van der Waals surface area contributed by atoms with Crippen LogP contribution in [-0.4, -0.2) is 59.5 Å². The van der Waals surface area contributed by atoms with Crippen LogP contribution in [0.1, 0.15) is 40.5 Å².